The molecule has 1 N–H and O–H groups in total. The smallest absolute Gasteiger partial charge is 0.241 e. The molecule has 0 aromatic heterocycles. The molecule has 0 saturated carbocycles. The summed E-state index contributed by atoms with van der Waals surface area (Å²) in [6.45, 7) is 1.79. The van der Waals surface area contributed by atoms with Crippen LogP contribution >= 0.6 is 0 Å². The van der Waals surface area contributed by atoms with E-state index >= 15 is 0 Å². The van der Waals surface area contributed by atoms with Crippen molar-refractivity contribution in [3.05, 3.63) is 35.9 Å². The largest absolute Gasteiger partial charge is 0.347 e. The Balaban J connectivity index is 2.10. The minimum absolute atomic E-state index is 0.0572. The minimum Gasteiger partial charge on any atom is -0.347 e. The van der Waals surface area contributed by atoms with Crippen molar-refractivity contribution in [1.82, 2.24) is 10.2 Å². The van der Waals surface area contributed by atoms with Crippen molar-refractivity contribution >= 4 is 21.7 Å². The van der Waals surface area contributed by atoms with Gasteiger partial charge in [-0.3, -0.25) is 9.59 Å². The lowest BCUT2D eigenvalue weighted by atomic mass is 10.1. The van der Waals surface area contributed by atoms with Crippen LogP contribution in [0.2, 0.25) is 0 Å². The predicted molar refractivity (Wildman–Crippen MR) is 82.9 cm³/mol. The molecule has 0 aliphatic carbocycles. The first-order valence-electron chi connectivity index (χ1n) is 7.19. The summed E-state index contributed by atoms with van der Waals surface area (Å²) in [6.07, 6.45) is 0.373. The van der Waals surface area contributed by atoms with Crippen LogP contribution in [0.15, 0.2) is 30.3 Å². The molecule has 2 amide bonds. The third kappa shape index (κ3) is 4.07. The topological polar surface area (TPSA) is 83.6 Å². The van der Waals surface area contributed by atoms with Crippen LogP contribution in [0.25, 0.3) is 0 Å². The van der Waals surface area contributed by atoms with Gasteiger partial charge in [-0.05, 0) is 12.0 Å². The van der Waals surface area contributed by atoms with E-state index in [9.17, 15) is 18.0 Å². The summed E-state index contributed by atoms with van der Waals surface area (Å²) in [5, 5.41) is 1.87. The van der Waals surface area contributed by atoms with Crippen LogP contribution in [-0.4, -0.2) is 50.5 Å². The Bertz CT molecular complexity index is 643. The number of nitrogens with one attached hydrogen (secondary N) is 1. The zero-order chi connectivity index (χ0) is 16.2. The van der Waals surface area contributed by atoms with E-state index in [4.69, 9.17) is 0 Å². The van der Waals surface area contributed by atoms with E-state index in [1.54, 1.807) is 12.1 Å². The van der Waals surface area contributed by atoms with Crippen LogP contribution in [-0.2, 0) is 19.4 Å². The van der Waals surface area contributed by atoms with E-state index in [2.05, 4.69) is 5.32 Å². The summed E-state index contributed by atoms with van der Waals surface area (Å²) in [6, 6.07) is 9.08. The second-order valence-electron chi connectivity index (χ2n) is 5.35. The normalized spacial score (nSPS) is 21.0. The Labute approximate surface area is 130 Å². The van der Waals surface area contributed by atoms with Crippen molar-refractivity contribution in [2.45, 2.75) is 18.6 Å². The number of rotatable bonds is 3. The van der Waals surface area contributed by atoms with Gasteiger partial charge in [0.1, 0.15) is 0 Å². The summed E-state index contributed by atoms with van der Waals surface area (Å²) in [5.74, 6) is -0.588. The molecule has 0 radical (unpaired) electrons. The van der Waals surface area contributed by atoms with Gasteiger partial charge in [0.15, 0.2) is 9.84 Å². The van der Waals surface area contributed by atoms with Gasteiger partial charge in [0.25, 0.3) is 0 Å². The Hall–Kier alpha value is -1.89. The van der Waals surface area contributed by atoms with Gasteiger partial charge in [0.2, 0.25) is 11.8 Å². The molecule has 1 unspecified atom stereocenters. The Morgan fingerprint density at radius 2 is 1.91 bits per heavy atom. The van der Waals surface area contributed by atoms with E-state index < -0.39 is 15.1 Å². The fraction of sp³-hybridized carbons (Fsp3) is 0.467. The molecule has 0 spiro atoms. The molecule has 1 fully saturated rings. The van der Waals surface area contributed by atoms with E-state index in [-0.39, 0.29) is 30.7 Å². The zero-order valence-corrected chi connectivity index (χ0v) is 13.3. The lowest BCUT2D eigenvalue weighted by Gasteiger charge is -2.20. The molecule has 22 heavy (non-hydrogen) atoms. The van der Waals surface area contributed by atoms with Gasteiger partial charge in [0, 0.05) is 20.0 Å². The second-order valence-corrected chi connectivity index (χ2v) is 7.65. The van der Waals surface area contributed by atoms with Crippen molar-refractivity contribution in [3.63, 3.8) is 0 Å². The standard InChI is InChI=1S/C15H20N2O4S/c1-12(18)16-11-15(19)17-8-7-14(22(20,21)10-9-17)13-5-3-2-4-6-13/h2-6,14H,7-11H2,1H3,(H,16,18). The van der Waals surface area contributed by atoms with Crippen molar-refractivity contribution in [3.8, 4) is 0 Å². The molecule has 120 valence electrons. The predicted octanol–water partition coefficient (Wildman–Crippen LogP) is 0.511. The fourth-order valence-electron chi connectivity index (χ4n) is 2.55. The molecule has 1 saturated heterocycles. The quantitative estimate of drug-likeness (QED) is 0.878. The summed E-state index contributed by atoms with van der Waals surface area (Å²) in [4.78, 5) is 24.4. The van der Waals surface area contributed by atoms with Gasteiger partial charge in [-0.25, -0.2) is 8.42 Å². The first-order valence-corrected chi connectivity index (χ1v) is 8.90. The Kier molecular flexibility index (Phi) is 5.18. The van der Waals surface area contributed by atoms with E-state index in [0.717, 1.165) is 5.56 Å². The third-order valence-corrected chi connectivity index (χ3v) is 5.88. The SMILES string of the molecule is CC(=O)NCC(=O)N1CCC(c2ccccc2)S(=O)(=O)CC1. The number of hydrogen-bond donors (Lipinski definition) is 1. The molecule has 7 heteroatoms. The maximum Gasteiger partial charge on any atom is 0.241 e. The molecule has 2 rings (SSSR count). The van der Waals surface area contributed by atoms with E-state index in [1.807, 2.05) is 18.2 Å². The van der Waals surface area contributed by atoms with Gasteiger partial charge in [0.05, 0.1) is 17.5 Å². The van der Waals surface area contributed by atoms with Crippen LogP contribution < -0.4 is 5.32 Å². The molecule has 6 nitrogen and oxygen atoms in total. The molecule has 1 aliphatic heterocycles. The van der Waals surface area contributed by atoms with Crippen molar-refractivity contribution in [2.75, 3.05) is 25.4 Å². The Morgan fingerprint density at radius 1 is 1.23 bits per heavy atom. The molecular weight excluding hydrogens is 304 g/mol. The highest BCUT2D eigenvalue weighted by Crippen LogP contribution is 2.29. The van der Waals surface area contributed by atoms with Crippen LogP contribution in [0, 0.1) is 0 Å². The highest BCUT2D eigenvalue weighted by Gasteiger charge is 2.32. The molecule has 1 heterocycles. The lowest BCUT2D eigenvalue weighted by Crippen LogP contribution is -2.40. The van der Waals surface area contributed by atoms with Gasteiger partial charge in [-0.2, -0.15) is 0 Å². The van der Waals surface area contributed by atoms with Gasteiger partial charge in [-0.15, -0.1) is 0 Å². The monoisotopic (exact) mass is 324 g/mol. The molecule has 1 aromatic carbocycles. The molecule has 1 aromatic rings. The zero-order valence-electron chi connectivity index (χ0n) is 12.5. The van der Waals surface area contributed by atoms with E-state index in [0.29, 0.717) is 13.0 Å². The second kappa shape index (κ2) is 6.91. The van der Waals surface area contributed by atoms with Crippen molar-refractivity contribution < 1.29 is 18.0 Å². The first-order chi connectivity index (χ1) is 10.4. The molecular formula is C15H20N2O4S. The van der Waals surface area contributed by atoms with Gasteiger partial charge < -0.3 is 10.2 Å². The first kappa shape index (κ1) is 16.5. The number of carbonyl (C=O) groups excluding carboxylic acids is 2. The number of sulfone groups is 1. The van der Waals surface area contributed by atoms with Crippen molar-refractivity contribution in [2.24, 2.45) is 0 Å². The average molecular weight is 324 g/mol. The average Bonchev–Trinajstić information content (AvgIpc) is 2.64. The number of benzene rings is 1. The number of amides is 2. The van der Waals surface area contributed by atoms with Crippen LogP contribution in [0.3, 0.4) is 0 Å². The summed E-state index contributed by atoms with van der Waals surface area (Å²) in [5.41, 5.74) is 0.763. The molecule has 1 aliphatic rings. The van der Waals surface area contributed by atoms with Gasteiger partial charge >= 0.3 is 0 Å². The van der Waals surface area contributed by atoms with Crippen LogP contribution in [0.1, 0.15) is 24.2 Å². The highest BCUT2D eigenvalue weighted by molar-refractivity contribution is 7.91. The number of nitrogens with zero attached hydrogens (tertiary/aromatic N) is 1. The summed E-state index contributed by atoms with van der Waals surface area (Å²) in [7, 11) is -3.29. The highest BCUT2D eigenvalue weighted by atomic mass is 32.2. The number of hydrogen-bond acceptors (Lipinski definition) is 4. The maximum absolute atomic E-state index is 12.4. The molecule has 0 bridgehead atoms. The van der Waals surface area contributed by atoms with Crippen molar-refractivity contribution in [1.29, 1.82) is 0 Å². The fourth-order valence-corrected chi connectivity index (χ4v) is 4.34. The summed E-state index contributed by atoms with van der Waals surface area (Å²) >= 11 is 0. The maximum atomic E-state index is 12.4. The molecule has 1 atom stereocenters. The number of carbonyl (C=O) groups is 2. The third-order valence-electron chi connectivity index (χ3n) is 3.75. The summed E-state index contributed by atoms with van der Waals surface area (Å²) < 4.78 is 24.9. The van der Waals surface area contributed by atoms with Gasteiger partial charge in [-0.1, -0.05) is 30.3 Å². The van der Waals surface area contributed by atoms with Crippen LogP contribution in [0.5, 0.6) is 0 Å². The Morgan fingerprint density at radius 3 is 2.55 bits per heavy atom. The lowest BCUT2D eigenvalue weighted by molar-refractivity contribution is -0.132. The van der Waals surface area contributed by atoms with E-state index in [1.165, 1.54) is 11.8 Å². The van der Waals surface area contributed by atoms with Crippen LogP contribution in [0.4, 0.5) is 0 Å². The minimum atomic E-state index is -3.29.